The lowest BCUT2D eigenvalue weighted by Gasteiger charge is -2.33. The summed E-state index contributed by atoms with van der Waals surface area (Å²) >= 11 is 0. The molecule has 2 heterocycles. The van der Waals surface area contributed by atoms with E-state index in [1.807, 2.05) is 18.2 Å². The standard InChI is InChI=1S/C22H18F2N2O2/c23-16-8-4-9-17(24)21(16)19-11-5-10-18(25-19)20-14-26(12-13-28-20)22(27)15-6-2-1-3-7-15/h1-11,20H,12-14H2/t20-/m1/s1. The van der Waals surface area contributed by atoms with Gasteiger partial charge in [0.1, 0.15) is 17.7 Å². The molecule has 0 bridgehead atoms. The van der Waals surface area contributed by atoms with Crippen LogP contribution in [0.25, 0.3) is 11.3 Å². The molecule has 1 aliphatic rings. The molecule has 4 rings (SSSR count). The van der Waals surface area contributed by atoms with Crippen LogP contribution < -0.4 is 0 Å². The zero-order valence-corrected chi connectivity index (χ0v) is 15.0. The van der Waals surface area contributed by atoms with E-state index in [-0.39, 0.29) is 17.2 Å². The zero-order valence-electron chi connectivity index (χ0n) is 15.0. The number of pyridine rings is 1. The highest BCUT2D eigenvalue weighted by Crippen LogP contribution is 2.28. The second-order valence-electron chi connectivity index (χ2n) is 6.52. The summed E-state index contributed by atoms with van der Waals surface area (Å²) in [6.07, 6.45) is -0.462. The van der Waals surface area contributed by atoms with Crippen molar-refractivity contribution in [2.24, 2.45) is 0 Å². The summed E-state index contributed by atoms with van der Waals surface area (Å²) < 4.78 is 34.0. The molecule has 1 aliphatic heterocycles. The van der Waals surface area contributed by atoms with Gasteiger partial charge in [0.25, 0.3) is 5.91 Å². The van der Waals surface area contributed by atoms with Gasteiger partial charge in [-0.05, 0) is 36.4 Å². The van der Waals surface area contributed by atoms with E-state index in [0.717, 1.165) is 0 Å². The van der Waals surface area contributed by atoms with Gasteiger partial charge in [-0.25, -0.2) is 13.8 Å². The van der Waals surface area contributed by atoms with Crippen molar-refractivity contribution in [3.8, 4) is 11.3 Å². The fraction of sp³-hybridized carbons (Fsp3) is 0.182. The summed E-state index contributed by atoms with van der Waals surface area (Å²) in [5.41, 5.74) is 1.17. The number of benzene rings is 2. The molecule has 2 aromatic carbocycles. The molecule has 0 saturated carbocycles. The van der Waals surface area contributed by atoms with E-state index in [1.54, 1.807) is 35.2 Å². The van der Waals surface area contributed by atoms with Gasteiger partial charge in [0.05, 0.1) is 30.1 Å². The van der Waals surface area contributed by atoms with Crippen LogP contribution >= 0.6 is 0 Å². The van der Waals surface area contributed by atoms with E-state index in [1.165, 1.54) is 18.2 Å². The molecule has 3 aromatic rings. The molecule has 28 heavy (non-hydrogen) atoms. The minimum atomic E-state index is -0.671. The second-order valence-corrected chi connectivity index (χ2v) is 6.52. The molecule has 0 radical (unpaired) electrons. The predicted molar refractivity (Wildman–Crippen MR) is 101 cm³/mol. The first-order valence-electron chi connectivity index (χ1n) is 9.01. The number of ether oxygens (including phenoxy) is 1. The smallest absolute Gasteiger partial charge is 0.254 e. The topological polar surface area (TPSA) is 42.4 Å². The third-order valence-corrected chi connectivity index (χ3v) is 4.69. The molecule has 1 amide bonds. The summed E-state index contributed by atoms with van der Waals surface area (Å²) in [7, 11) is 0. The van der Waals surface area contributed by atoms with E-state index in [4.69, 9.17) is 4.74 Å². The van der Waals surface area contributed by atoms with Gasteiger partial charge in [-0.3, -0.25) is 4.79 Å². The molecule has 6 heteroatoms. The van der Waals surface area contributed by atoms with Crippen LogP contribution in [-0.4, -0.2) is 35.5 Å². The highest BCUT2D eigenvalue weighted by molar-refractivity contribution is 5.94. The van der Waals surface area contributed by atoms with Crippen LogP contribution in [-0.2, 0) is 4.74 Å². The number of nitrogens with zero attached hydrogens (tertiary/aromatic N) is 2. The average Bonchev–Trinajstić information content (AvgIpc) is 2.74. The quantitative estimate of drug-likeness (QED) is 0.683. The lowest BCUT2D eigenvalue weighted by atomic mass is 10.1. The fourth-order valence-corrected chi connectivity index (χ4v) is 3.29. The maximum Gasteiger partial charge on any atom is 0.254 e. The van der Waals surface area contributed by atoms with Gasteiger partial charge in [-0.15, -0.1) is 0 Å². The van der Waals surface area contributed by atoms with Crippen molar-refractivity contribution in [3.05, 3.63) is 89.6 Å². The summed E-state index contributed by atoms with van der Waals surface area (Å²) in [5, 5.41) is 0. The highest BCUT2D eigenvalue weighted by Gasteiger charge is 2.27. The minimum Gasteiger partial charge on any atom is -0.368 e. The number of hydrogen-bond acceptors (Lipinski definition) is 3. The van der Waals surface area contributed by atoms with Crippen molar-refractivity contribution in [2.45, 2.75) is 6.10 Å². The third kappa shape index (κ3) is 3.64. The molecule has 1 atom stereocenters. The molecule has 4 nitrogen and oxygen atoms in total. The maximum atomic E-state index is 14.1. The van der Waals surface area contributed by atoms with Gasteiger partial charge < -0.3 is 9.64 Å². The van der Waals surface area contributed by atoms with Crippen LogP contribution in [0.5, 0.6) is 0 Å². The molecule has 142 valence electrons. The first-order chi connectivity index (χ1) is 13.6. The maximum absolute atomic E-state index is 14.1. The van der Waals surface area contributed by atoms with E-state index in [0.29, 0.717) is 31.0 Å². The van der Waals surface area contributed by atoms with Gasteiger partial charge in [0.15, 0.2) is 0 Å². The Morgan fingerprint density at radius 2 is 1.68 bits per heavy atom. The van der Waals surface area contributed by atoms with Gasteiger partial charge in [-0.1, -0.05) is 30.3 Å². The van der Waals surface area contributed by atoms with Crippen LogP contribution in [0.2, 0.25) is 0 Å². The number of carbonyl (C=O) groups excluding carboxylic acids is 1. The number of rotatable bonds is 3. The van der Waals surface area contributed by atoms with E-state index in [2.05, 4.69) is 4.98 Å². The van der Waals surface area contributed by atoms with Crippen LogP contribution in [0, 0.1) is 11.6 Å². The highest BCUT2D eigenvalue weighted by atomic mass is 19.1. The van der Waals surface area contributed by atoms with Gasteiger partial charge in [0, 0.05) is 12.1 Å². The normalized spacial score (nSPS) is 16.8. The Morgan fingerprint density at radius 3 is 2.43 bits per heavy atom. The monoisotopic (exact) mass is 380 g/mol. The number of amides is 1. The van der Waals surface area contributed by atoms with Crippen molar-refractivity contribution in [1.29, 1.82) is 0 Å². The lowest BCUT2D eigenvalue weighted by molar-refractivity contribution is -0.0246. The van der Waals surface area contributed by atoms with E-state index in [9.17, 15) is 13.6 Å². The van der Waals surface area contributed by atoms with E-state index >= 15 is 0 Å². The molecule has 0 N–H and O–H groups in total. The Hall–Kier alpha value is -3.12. The Morgan fingerprint density at radius 1 is 0.964 bits per heavy atom. The molecular weight excluding hydrogens is 362 g/mol. The molecule has 1 saturated heterocycles. The van der Waals surface area contributed by atoms with Crippen molar-refractivity contribution in [1.82, 2.24) is 9.88 Å². The van der Waals surface area contributed by atoms with Gasteiger partial charge >= 0.3 is 0 Å². The van der Waals surface area contributed by atoms with Crippen molar-refractivity contribution in [3.63, 3.8) is 0 Å². The van der Waals surface area contributed by atoms with Crippen LogP contribution in [0.1, 0.15) is 22.2 Å². The van der Waals surface area contributed by atoms with E-state index < -0.39 is 17.7 Å². The summed E-state index contributed by atoms with van der Waals surface area (Å²) in [5.74, 6) is -1.42. The Bertz CT molecular complexity index is 975. The Kier molecular flexibility index (Phi) is 5.12. The largest absolute Gasteiger partial charge is 0.368 e. The molecule has 0 aliphatic carbocycles. The van der Waals surface area contributed by atoms with Gasteiger partial charge in [-0.2, -0.15) is 0 Å². The van der Waals surface area contributed by atoms with Crippen molar-refractivity contribution < 1.29 is 18.3 Å². The van der Waals surface area contributed by atoms with Gasteiger partial charge in [0.2, 0.25) is 0 Å². The number of carbonyl (C=O) groups is 1. The first-order valence-corrected chi connectivity index (χ1v) is 9.01. The second kappa shape index (κ2) is 7.86. The molecular formula is C22H18F2N2O2. The molecule has 1 aromatic heterocycles. The zero-order chi connectivity index (χ0) is 19.5. The van der Waals surface area contributed by atoms with Crippen LogP contribution in [0.15, 0.2) is 66.7 Å². The number of halogens is 2. The average molecular weight is 380 g/mol. The first kappa shape index (κ1) is 18.3. The number of morpholine rings is 1. The Labute approximate surface area is 161 Å². The fourth-order valence-electron chi connectivity index (χ4n) is 3.29. The lowest BCUT2D eigenvalue weighted by Crippen LogP contribution is -2.42. The SMILES string of the molecule is O=C(c1ccccc1)N1CCO[C@@H](c2cccc(-c3c(F)cccc3F)n2)C1. The molecule has 0 unspecified atom stereocenters. The number of hydrogen-bond donors (Lipinski definition) is 0. The third-order valence-electron chi connectivity index (χ3n) is 4.69. The van der Waals surface area contributed by atoms with Crippen molar-refractivity contribution in [2.75, 3.05) is 19.7 Å². The predicted octanol–water partition coefficient (Wildman–Crippen LogP) is 4.24. The minimum absolute atomic E-state index is 0.0785. The number of aromatic nitrogens is 1. The van der Waals surface area contributed by atoms with Crippen LogP contribution in [0.3, 0.4) is 0 Å². The molecule has 1 fully saturated rings. The summed E-state index contributed by atoms with van der Waals surface area (Å²) in [4.78, 5) is 18.8. The summed E-state index contributed by atoms with van der Waals surface area (Å²) in [6.45, 7) is 1.17. The molecule has 0 spiro atoms. The van der Waals surface area contributed by atoms with Crippen LogP contribution in [0.4, 0.5) is 8.78 Å². The van der Waals surface area contributed by atoms with Crippen molar-refractivity contribution >= 4 is 5.91 Å². The summed E-state index contributed by atoms with van der Waals surface area (Å²) in [6, 6.07) is 17.7. The Balaban J connectivity index is 1.59.